The normalized spacial score (nSPS) is 17.6. The smallest absolute Gasteiger partial charge is 0.422 e. The van der Waals surface area contributed by atoms with Crippen LogP contribution in [0.1, 0.15) is 48.7 Å². The summed E-state index contributed by atoms with van der Waals surface area (Å²) in [6.45, 7) is 0.252. The van der Waals surface area contributed by atoms with Gasteiger partial charge in [-0.25, -0.2) is 14.2 Å². The summed E-state index contributed by atoms with van der Waals surface area (Å²) in [5, 5.41) is 3.02. The predicted molar refractivity (Wildman–Crippen MR) is 115 cm³/mol. The van der Waals surface area contributed by atoms with Crippen LogP contribution in [0, 0.1) is 5.82 Å². The molecule has 0 unspecified atom stereocenters. The van der Waals surface area contributed by atoms with Crippen molar-refractivity contribution in [2.24, 2.45) is 0 Å². The highest BCUT2D eigenvalue weighted by Crippen LogP contribution is 2.39. The van der Waals surface area contributed by atoms with Crippen LogP contribution in [0.25, 0.3) is 0 Å². The highest BCUT2D eigenvalue weighted by Gasteiger charge is 2.30. The number of likely N-dealkylation sites (tertiary alicyclic amines) is 1. The number of oxazole rings is 1. The Bertz CT molecular complexity index is 985. The van der Waals surface area contributed by atoms with Crippen molar-refractivity contribution in [3.05, 3.63) is 47.4 Å². The maximum Gasteiger partial charge on any atom is 0.422 e. The van der Waals surface area contributed by atoms with Gasteiger partial charge in [-0.15, -0.1) is 0 Å². The van der Waals surface area contributed by atoms with E-state index in [-0.39, 0.29) is 36.5 Å². The summed E-state index contributed by atoms with van der Waals surface area (Å²) < 4.78 is 61.9. The van der Waals surface area contributed by atoms with Gasteiger partial charge in [0, 0.05) is 23.6 Å². The van der Waals surface area contributed by atoms with Gasteiger partial charge in [0.2, 0.25) is 0 Å². The molecule has 2 amide bonds. The molecular weight excluding hydrogens is 456 g/mol. The van der Waals surface area contributed by atoms with Crippen molar-refractivity contribution in [1.29, 1.82) is 0 Å². The lowest BCUT2D eigenvalue weighted by atomic mass is 10.1. The van der Waals surface area contributed by atoms with Crippen LogP contribution in [0.4, 0.5) is 22.4 Å². The Morgan fingerprint density at radius 3 is 2.62 bits per heavy atom. The van der Waals surface area contributed by atoms with Gasteiger partial charge in [0.1, 0.15) is 17.8 Å². The minimum atomic E-state index is -4.52. The molecule has 1 aromatic carbocycles. The lowest BCUT2D eigenvalue weighted by Gasteiger charge is -2.31. The van der Waals surface area contributed by atoms with Crippen molar-refractivity contribution < 1.29 is 31.5 Å². The van der Waals surface area contributed by atoms with E-state index in [0.29, 0.717) is 17.5 Å². The molecule has 0 spiro atoms. The van der Waals surface area contributed by atoms with Gasteiger partial charge in [-0.2, -0.15) is 13.2 Å². The second-order valence-electron chi connectivity index (χ2n) is 8.99. The Hall–Kier alpha value is -2.82. The van der Waals surface area contributed by atoms with Crippen molar-refractivity contribution in [2.75, 3.05) is 26.7 Å². The van der Waals surface area contributed by atoms with Crippen molar-refractivity contribution >= 4 is 6.03 Å². The van der Waals surface area contributed by atoms with Crippen molar-refractivity contribution in [1.82, 2.24) is 20.1 Å². The standard InChI is InChI=1S/C23H28F4N4O3/c1-30-8-6-17(7-9-30)29-22(32)31(12-18-13-33-21(28-18)15-2-3-15)11-16-4-5-19(10-20(16)24)34-14-23(25,26)27/h4-5,10,13,15,17H,2-3,6-9,11-12,14H2,1H3,(H,29,32). The number of aromatic nitrogens is 1. The summed E-state index contributed by atoms with van der Waals surface area (Å²) in [6, 6.07) is 3.14. The Morgan fingerprint density at radius 1 is 1.24 bits per heavy atom. The number of hydrogen-bond donors (Lipinski definition) is 1. The second kappa shape index (κ2) is 10.2. The zero-order chi connectivity index (χ0) is 24.3. The van der Waals surface area contributed by atoms with Gasteiger partial charge in [-0.3, -0.25) is 0 Å². The van der Waals surface area contributed by atoms with E-state index in [4.69, 9.17) is 4.42 Å². The lowest BCUT2D eigenvalue weighted by molar-refractivity contribution is -0.153. The molecule has 2 heterocycles. The number of benzene rings is 1. The van der Waals surface area contributed by atoms with Crippen molar-refractivity contribution in [2.45, 2.75) is 56.9 Å². The summed E-state index contributed by atoms with van der Waals surface area (Å²) in [7, 11) is 2.03. The van der Waals surface area contributed by atoms with Crippen LogP contribution in [0.5, 0.6) is 5.75 Å². The molecule has 34 heavy (non-hydrogen) atoms. The van der Waals surface area contributed by atoms with E-state index in [1.54, 1.807) is 0 Å². The number of carbonyl (C=O) groups excluding carboxylic acids is 1. The molecule has 2 aromatic rings. The third-order valence-corrected chi connectivity index (χ3v) is 5.97. The van der Waals surface area contributed by atoms with Crippen LogP contribution in [0.2, 0.25) is 0 Å². The third kappa shape index (κ3) is 6.85. The molecule has 1 saturated heterocycles. The van der Waals surface area contributed by atoms with E-state index in [1.165, 1.54) is 23.3 Å². The number of rotatable bonds is 8. The van der Waals surface area contributed by atoms with Gasteiger partial charge in [-0.05, 0) is 51.9 Å². The van der Waals surface area contributed by atoms with Gasteiger partial charge in [0.15, 0.2) is 12.5 Å². The summed E-state index contributed by atoms with van der Waals surface area (Å²) in [6.07, 6.45) is 0.655. The molecule has 11 heteroatoms. The van der Waals surface area contributed by atoms with Gasteiger partial charge >= 0.3 is 12.2 Å². The maximum absolute atomic E-state index is 14.7. The minimum Gasteiger partial charge on any atom is -0.484 e. The number of nitrogens with one attached hydrogen (secondary N) is 1. The largest absolute Gasteiger partial charge is 0.484 e. The number of halogens is 4. The number of hydrogen-bond acceptors (Lipinski definition) is 5. The lowest BCUT2D eigenvalue weighted by Crippen LogP contribution is -2.48. The number of alkyl halides is 3. The Labute approximate surface area is 195 Å². The van der Waals surface area contributed by atoms with Crippen LogP contribution in [-0.4, -0.2) is 59.8 Å². The monoisotopic (exact) mass is 484 g/mol. The van der Waals surface area contributed by atoms with Crippen LogP contribution in [0.3, 0.4) is 0 Å². The van der Waals surface area contributed by atoms with Crippen LogP contribution in [0.15, 0.2) is 28.9 Å². The first kappa shape index (κ1) is 24.3. The average molecular weight is 484 g/mol. The highest BCUT2D eigenvalue weighted by atomic mass is 19.4. The summed E-state index contributed by atoms with van der Waals surface area (Å²) >= 11 is 0. The van der Waals surface area contributed by atoms with Crippen molar-refractivity contribution in [3.8, 4) is 5.75 Å². The molecule has 2 aliphatic rings. The van der Waals surface area contributed by atoms with E-state index < -0.39 is 18.6 Å². The first-order valence-electron chi connectivity index (χ1n) is 11.3. The van der Waals surface area contributed by atoms with E-state index in [9.17, 15) is 22.4 Å². The van der Waals surface area contributed by atoms with Gasteiger partial charge in [0.25, 0.3) is 0 Å². The molecule has 7 nitrogen and oxygen atoms in total. The Balaban J connectivity index is 1.45. The summed E-state index contributed by atoms with van der Waals surface area (Å²) in [5.74, 6) is -0.0259. The number of piperidine rings is 1. The van der Waals surface area contributed by atoms with Crippen LogP contribution >= 0.6 is 0 Å². The number of amides is 2. The molecule has 186 valence electrons. The van der Waals surface area contributed by atoms with E-state index in [1.807, 2.05) is 7.05 Å². The predicted octanol–water partition coefficient (Wildman–Crippen LogP) is 4.44. The fourth-order valence-electron chi connectivity index (χ4n) is 3.84. The number of carbonyl (C=O) groups is 1. The molecule has 1 saturated carbocycles. The van der Waals surface area contributed by atoms with E-state index in [2.05, 4.69) is 19.9 Å². The van der Waals surface area contributed by atoms with Crippen molar-refractivity contribution in [3.63, 3.8) is 0 Å². The van der Waals surface area contributed by atoms with Crippen LogP contribution < -0.4 is 10.1 Å². The van der Waals surface area contributed by atoms with Gasteiger partial charge in [-0.1, -0.05) is 6.07 Å². The fraction of sp³-hybridized carbons (Fsp3) is 0.565. The van der Waals surface area contributed by atoms with E-state index in [0.717, 1.165) is 44.8 Å². The van der Waals surface area contributed by atoms with Gasteiger partial charge < -0.3 is 24.3 Å². The quantitative estimate of drug-likeness (QED) is 0.561. The fourth-order valence-corrected chi connectivity index (χ4v) is 3.84. The molecule has 0 atom stereocenters. The summed E-state index contributed by atoms with van der Waals surface area (Å²) in [4.78, 5) is 21.2. The Morgan fingerprint density at radius 2 is 1.97 bits per heavy atom. The molecule has 1 aliphatic carbocycles. The zero-order valence-corrected chi connectivity index (χ0v) is 18.9. The molecule has 2 fully saturated rings. The average Bonchev–Trinajstić information content (AvgIpc) is 3.53. The molecule has 1 N–H and O–H groups in total. The molecule has 0 radical (unpaired) electrons. The van der Waals surface area contributed by atoms with Gasteiger partial charge in [0.05, 0.1) is 18.8 Å². The minimum absolute atomic E-state index is 0.00789. The number of urea groups is 1. The second-order valence-corrected chi connectivity index (χ2v) is 8.99. The molecule has 1 aliphatic heterocycles. The molecule has 4 rings (SSSR count). The highest BCUT2D eigenvalue weighted by molar-refractivity contribution is 5.74. The first-order valence-corrected chi connectivity index (χ1v) is 11.3. The number of ether oxygens (including phenoxy) is 1. The third-order valence-electron chi connectivity index (χ3n) is 5.97. The molecule has 0 bridgehead atoms. The molecule has 1 aromatic heterocycles. The molecular formula is C23H28F4N4O3. The topological polar surface area (TPSA) is 70.8 Å². The zero-order valence-electron chi connectivity index (χ0n) is 18.9. The first-order chi connectivity index (χ1) is 16.2. The van der Waals surface area contributed by atoms with E-state index >= 15 is 0 Å². The SMILES string of the molecule is CN1CCC(NC(=O)N(Cc2coc(C3CC3)n2)Cc2ccc(OCC(F)(F)F)cc2F)CC1. The number of nitrogens with zero attached hydrogens (tertiary/aromatic N) is 3. The maximum atomic E-state index is 14.7. The van der Waals surface area contributed by atoms with Crippen LogP contribution in [-0.2, 0) is 13.1 Å². The summed E-state index contributed by atoms with van der Waals surface area (Å²) in [5.41, 5.74) is 0.717. The Kier molecular flexibility index (Phi) is 7.30.